The molecule has 1 fully saturated rings. The predicted octanol–water partition coefficient (Wildman–Crippen LogP) is 4.79. The lowest BCUT2D eigenvalue weighted by Crippen LogP contribution is -2.44. The summed E-state index contributed by atoms with van der Waals surface area (Å²) in [4.78, 5) is 26.8. The highest BCUT2D eigenvalue weighted by atomic mass is 19.1. The van der Waals surface area contributed by atoms with Crippen LogP contribution in [0.1, 0.15) is 42.9 Å². The van der Waals surface area contributed by atoms with Crippen molar-refractivity contribution in [1.29, 1.82) is 0 Å². The lowest BCUT2D eigenvalue weighted by molar-refractivity contribution is -0.0433. The van der Waals surface area contributed by atoms with Crippen molar-refractivity contribution in [3.8, 4) is 11.3 Å². The highest BCUT2D eigenvalue weighted by molar-refractivity contribution is 6.03. The Morgan fingerprint density at radius 2 is 1.89 bits per heavy atom. The summed E-state index contributed by atoms with van der Waals surface area (Å²) in [7, 11) is 1.66. The minimum absolute atomic E-state index is 0.0426. The molecule has 0 radical (unpaired) electrons. The summed E-state index contributed by atoms with van der Waals surface area (Å²) in [5.41, 5.74) is 1.84. The number of anilines is 1. The Balaban J connectivity index is 1.45. The summed E-state index contributed by atoms with van der Waals surface area (Å²) in [5, 5.41) is 7.00. The molecule has 184 valence electrons. The number of rotatable bonds is 4. The molecular weight excluding hydrogens is 451 g/mol. The Morgan fingerprint density at radius 1 is 1.14 bits per heavy atom. The van der Waals surface area contributed by atoms with E-state index in [4.69, 9.17) is 9.47 Å². The molecule has 2 aromatic carbocycles. The summed E-state index contributed by atoms with van der Waals surface area (Å²) in [6.07, 6.45) is -0.928. The number of morpholine rings is 1. The molecule has 1 aliphatic heterocycles. The third-order valence-corrected chi connectivity index (χ3v) is 5.51. The van der Waals surface area contributed by atoms with Crippen LogP contribution >= 0.6 is 0 Å². The van der Waals surface area contributed by atoms with Gasteiger partial charge in [-0.2, -0.15) is 5.10 Å². The van der Waals surface area contributed by atoms with Crippen molar-refractivity contribution in [2.45, 2.75) is 32.5 Å². The molecular formula is C26H29FN4O4. The Morgan fingerprint density at radius 3 is 2.57 bits per heavy atom. The SMILES string of the molecule is Cn1nc(-c2ccccc2)cc1C(=O)Nc1ccc([C@@H]2CN(C(=O)OC(C)(C)C)CCO2)cc1F. The normalized spacial score (nSPS) is 16.1. The van der Waals surface area contributed by atoms with Gasteiger partial charge >= 0.3 is 6.09 Å². The maximum atomic E-state index is 14.9. The van der Waals surface area contributed by atoms with Gasteiger partial charge in [-0.05, 0) is 44.5 Å². The van der Waals surface area contributed by atoms with Crippen molar-refractivity contribution in [2.24, 2.45) is 7.05 Å². The van der Waals surface area contributed by atoms with E-state index >= 15 is 0 Å². The topological polar surface area (TPSA) is 85.7 Å². The molecule has 1 atom stereocenters. The number of amides is 2. The highest BCUT2D eigenvalue weighted by Crippen LogP contribution is 2.27. The summed E-state index contributed by atoms with van der Waals surface area (Å²) in [6, 6.07) is 15.6. The average Bonchev–Trinajstić information content (AvgIpc) is 3.21. The van der Waals surface area contributed by atoms with Crippen LogP contribution in [0.2, 0.25) is 0 Å². The quantitative estimate of drug-likeness (QED) is 0.581. The van der Waals surface area contributed by atoms with E-state index in [1.54, 1.807) is 44.9 Å². The van der Waals surface area contributed by atoms with Crippen LogP contribution in [0.4, 0.5) is 14.9 Å². The third-order valence-electron chi connectivity index (χ3n) is 5.51. The fourth-order valence-electron chi connectivity index (χ4n) is 3.79. The second kappa shape index (κ2) is 9.87. The van der Waals surface area contributed by atoms with Crippen LogP contribution in [-0.4, -0.2) is 52.0 Å². The monoisotopic (exact) mass is 480 g/mol. The van der Waals surface area contributed by atoms with Gasteiger partial charge in [-0.3, -0.25) is 9.48 Å². The zero-order valence-electron chi connectivity index (χ0n) is 20.2. The van der Waals surface area contributed by atoms with Crippen molar-refractivity contribution in [1.82, 2.24) is 14.7 Å². The van der Waals surface area contributed by atoms with Crippen molar-refractivity contribution in [3.05, 3.63) is 71.7 Å². The molecule has 3 aromatic rings. The first-order chi connectivity index (χ1) is 16.6. The van der Waals surface area contributed by atoms with E-state index in [1.807, 2.05) is 30.3 Å². The van der Waals surface area contributed by atoms with Gasteiger partial charge in [0.2, 0.25) is 0 Å². The summed E-state index contributed by atoms with van der Waals surface area (Å²) in [5.74, 6) is -1.07. The molecule has 1 aromatic heterocycles. The molecule has 0 aliphatic carbocycles. The summed E-state index contributed by atoms with van der Waals surface area (Å²) in [6.45, 7) is 6.38. The zero-order chi connectivity index (χ0) is 25.2. The number of benzene rings is 2. The van der Waals surface area contributed by atoms with Gasteiger partial charge in [-0.15, -0.1) is 0 Å². The van der Waals surface area contributed by atoms with Crippen LogP contribution < -0.4 is 5.32 Å². The molecule has 35 heavy (non-hydrogen) atoms. The third kappa shape index (κ3) is 5.86. The van der Waals surface area contributed by atoms with Crippen molar-refractivity contribution >= 4 is 17.7 Å². The average molecular weight is 481 g/mol. The fourth-order valence-corrected chi connectivity index (χ4v) is 3.79. The minimum atomic E-state index is -0.605. The number of carbonyl (C=O) groups excluding carboxylic acids is 2. The minimum Gasteiger partial charge on any atom is -0.444 e. The standard InChI is InChI=1S/C26H29FN4O4/c1-26(2,3)35-25(33)31-12-13-34-23(16-31)18-10-11-20(19(27)14-18)28-24(32)22-15-21(29-30(22)4)17-8-6-5-7-9-17/h5-11,14-15,23H,12-13,16H2,1-4H3,(H,28,32)/t23-/m0/s1. The Bertz CT molecular complexity index is 1220. The summed E-state index contributed by atoms with van der Waals surface area (Å²) >= 11 is 0. The lowest BCUT2D eigenvalue weighted by Gasteiger charge is -2.34. The number of hydrogen-bond donors (Lipinski definition) is 1. The number of aryl methyl sites for hydroxylation is 1. The maximum Gasteiger partial charge on any atom is 0.410 e. The predicted molar refractivity (Wildman–Crippen MR) is 129 cm³/mol. The van der Waals surface area contributed by atoms with Gasteiger partial charge in [0.25, 0.3) is 5.91 Å². The van der Waals surface area contributed by atoms with E-state index in [2.05, 4.69) is 10.4 Å². The zero-order valence-corrected chi connectivity index (χ0v) is 20.2. The van der Waals surface area contributed by atoms with E-state index in [1.165, 1.54) is 16.8 Å². The van der Waals surface area contributed by atoms with Crippen molar-refractivity contribution in [2.75, 3.05) is 25.0 Å². The van der Waals surface area contributed by atoms with Crippen LogP contribution in [-0.2, 0) is 16.5 Å². The van der Waals surface area contributed by atoms with Crippen LogP contribution in [0.5, 0.6) is 0 Å². The number of carbonyl (C=O) groups is 2. The van der Waals surface area contributed by atoms with Gasteiger partial charge in [0.05, 0.1) is 24.5 Å². The molecule has 0 unspecified atom stereocenters. The van der Waals surface area contributed by atoms with Crippen LogP contribution in [0, 0.1) is 5.82 Å². The number of halogens is 1. The van der Waals surface area contributed by atoms with Crippen LogP contribution in [0.25, 0.3) is 11.3 Å². The molecule has 8 nitrogen and oxygen atoms in total. The van der Waals surface area contributed by atoms with Gasteiger partial charge in [-0.25, -0.2) is 9.18 Å². The fraction of sp³-hybridized carbons (Fsp3) is 0.346. The number of nitrogens with zero attached hydrogens (tertiary/aromatic N) is 3. The van der Waals surface area contributed by atoms with Gasteiger partial charge in [0, 0.05) is 19.2 Å². The lowest BCUT2D eigenvalue weighted by atomic mass is 10.1. The van der Waals surface area contributed by atoms with Crippen LogP contribution in [0.3, 0.4) is 0 Å². The van der Waals surface area contributed by atoms with Crippen molar-refractivity contribution in [3.63, 3.8) is 0 Å². The number of ether oxygens (including phenoxy) is 2. The second-order valence-electron chi connectivity index (χ2n) is 9.38. The van der Waals surface area contributed by atoms with E-state index in [-0.39, 0.29) is 12.2 Å². The maximum absolute atomic E-state index is 14.9. The van der Waals surface area contributed by atoms with Gasteiger partial charge in [0.1, 0.15) is 23.2 Å². The number of hydrogen-bond acceptors (Lipinski definition) is 5. The molecule has 1 saturated heterocycles. The first-order valence-corrected chi connectivity index (χ1v) is 11.4. The molecule has 0 spiro atoms. The molecule has 0 saturated carbocycles. The Kier molecular flexibility index (Phi) is 6.88. The van der Waals surface area contributed by atoms with E-state index < -0.39 is 29.5 Å². The molecule has 0 bridgehead atoms. The molecule has 2 amide bonds. The van der Waals surface area contributed by atoms with Gasteiger partial charge < -0.3 is 19.7 Å². The summed E-state index contributed by atoms with van der Waals surface area (Å²) < 4.78 is 27.6. The van der Waals surface area contributed by atoms with Gasteiger partial charge in [-0.1, -0.05) is 36.4 Å². The van der Waals surface area contributed by atoms with Crippen molar-refractivity contribution < 1.29 is 23.5 Å². The first-order valence-electron chi connectivity index (χ1n) is 11.4. The molecule has 9 heteroatoms. The van der Waals surface area contributed by atoms with E-state index in [0.717, 1.165) is 5.56 Å². The van der Waals surface area contributed by atoms with E-state index in [9.17, 15) is 14.0 Å². The smallest absolute Gasteiger partial charge is 0.410 e. The molecule has 1 aliphatic rings. The number of aromatic nitrogens is 2. The molecule has 2 heterocycles. The largest absolute Gasteiger partial charge is 0.444 e. The Hall–Kier alpha value is -3.72. The second-order valence-corrected chi connectivity index (χ2v) is 9.38. The van der Waals surface area contributed by atoms with Gasteiger partial charge in [0.15, 0.2) is 0 Å². The Labute approximate surface area is 203 Å². The highest BCUT2D eigenvalue weighted by Gasteiger charge is 2.29. The molecule has 1 N–H and O–H groups in total. The van der Waals surface area contributed by atoms with E-state index in [0.29, 0.717) is 30.1 Å². The van der Waals surface area contributed by atoms with Crippen LogP contribution in [0.15, 0.2) is 54.6 Å². The number of nitrogens with one attached hydrogen (secondary N) is 1. The molecule has 4 rings (SSSR count). The first kappa shape index (κ1) is 24.4.